The first-order valence-corrected chi connectivity index (χ1v) is 8.75. The molecule has 0 saturated carbocycles. The third-order valence-electron chi connectivity index (χ3n) is 4.89. The maximum absolute atomic E-state index is 12.2. The number of ether oxygens (including phenoxy) is 1. The number of nitrogens with zero attached hydrogens (tertiary/aromatic N) is 3. The number of rotatable bonds is 6. The number of carbonyl (C=O) groups excluding carboxylic acids is 1. The van der Waals surface area contributed by atoms with Gasteiger partial charge in [-0.05, 0) is 56.1 Å². The van der Waals surface area contributed by atoms with E-state index in [1.54, 1.807) is 24.2 Å². The molecule has 0 aliphatic carbocycles. The van der Waals surface area contributed by atoms with Gasteiger partial charge in [-0.25, -0.2) is 0 Å². The van der Waals surface area contributed by atoms with Crippen LogP contribution in [0, 0.1) is 5.92 Å². The minimum atomic E-state index is 0.00501. The molecule has 1 fully saturated rings. The van der Waals surface area contributed by atoms with Gasteiger partial charge in [0.05, 0.1) is 7.11 Å². The van der Waals surface area contributed by atoms with Crippen LogP contribution in [0.2, 0.25) is 0 Å². The Morgan fingerprint density at radius 2 is 2.16 bits per heavy atom. The van der Waals surface area contributed by atoms with Crippen LogP contribution >= 0.6 is 0 Å². The summed E-state index contributed by atoms with van der Waals surface area (Å²) in [7, 11) is 3.84. The minimum absolute atomic E-state index is 0.00501. The number of amides is 1. The summed E-state index contributed by atoms with van der Waals surface area (Å²) in [6, 6.07) is 10.4. The van der Waals surface area contributed by atoms with Crippen molar-refractivity contribution in [3.8, 4) is 5.75 Å². The van der Waals surface area contributed by atoms with Gasteiger partial charge in [0.15, 0.2) is 0 Å². The number of benzene rings is 1. The summed E-state index contributed by atoms with van der Waals surface area (Å²) in [6.07, 6.45) is 5.75. The monoisotopic (exact) mass is 342 g/mol. The molecule has 134 valence electrons. The number of hydrogen-bond acceptors (Lipinski definition) is 4. The number of nitrogens with one attached hydrogen (secondary N) is 1. The Balaban J connectivity index is 1.63. The molecule has 1 saturated heterocycles. The molecule has 0 radical (unpaired) electrons. The van der Waals surface area contributed by atoms with Gasteiger partial charge in [0.25, 0.3) is 0 Å². The lowest BCUT2D eigenvalue weighted by Crippen LogP contribution is -2.42. The Bertz CT molecular complexity index is 669. The predicted molar refractivity (Wildman–Crippen MR) is 96.3 cm³/mol. The van der Waals surface area contributed by atoms with Crippen LogP contribution in [-0.4, -0.2) is 47.8 Å². The normalized spacial score (nSPS) is 21.0. The molecule has 1 amide bonds. The first kappa shape index (κ1) is 17.5. The number of carbonyl (C=O) groups is 1. The van der Waals surface area contributed by atoms with Crippen molar-refractivity contribution < 1.29 is 9.53 Å². The van der Waals surface area contributed by atoms with Crippen molar-refractivity contribution in [1.29, 1.82) is 0 Å². The van der Waals surface area contributed by atoms with E-state index in [9.17, 15) is 4.79 Å². The maximum atomic E-state index is 12.2. The van der Waals surface area contributed by atoms with Crippen molar-refractivity contribution >= 4 is 5.91 Å². The van der Waals surface area contributed by atoms with E-state index in [0.29, 0.717) is 18.5 Å². The van der Waals surface area contributed by atoms with Gasteiger partial charge in [0.1, 0.15) is 12.3 Å². The van der Waals surface area contributed by atoms with Gasteiger partial charge in [-0.15, -0.1) is 0 Å². The highest BCUT2D eigenvalue weighted by Crippen LogP contribution is 2.35. The standard InChI is InChI=1S/C19H26N4O2/c1-22-11-3-5-16(13-20-18(24)14-23-12-4-10-21-23)19(22)15-6-8-17(25-2)9-7-15/h4,6-10,12,16,19H,3,5,11,13-14H2,1-2H3,(H,20,24)/t16-,19+/m0/s1. The highest BCUT2D eigenvalue weighted by Gasteiger charge is 2.30. The fourth-order valence-corrected chi connectivity index (χ4v) is 3.64. The zero-order chi connectivity index (χ0) is 17.6. The molecule has 1 aliphatic heterocycles. The Hall–Kier alpha value is -2.34. The summed E-state index contributed by atoms with van der Waals surface area (Å²) in [5.41, 5.74) is 1.27. The lowest BCUT2D eigenvalue weighted by atomic mass is 9.85. The molecule has 3 rings (SSSR count). The summed E-state index contributed by atoms with van der Waals surface area (Å²) in [4.78, 5) is 14.5. The van der Waals surface area contributed by atoms with Gasteiger partial charge >= 0.3 is 0 Å². The fraction of sp³-hybridized carbons (Fsp3) is 0.474. The Morgan fingerprint density at radius 3 is 2.84 bits per heavy atom. The fourth-order valence-electron chi connectivity index (χ4n) is 3.64. The highest BCUT2D eigenvalue weighted by atomic mass is 16.5. The van der Waals surface area contributed by atoms with Gasteiger partial charge < -0.3 is 10.1 Å². The van der Waals surface area contributed by atoms with E-state index in [1.165, 1.54) is 5.56 Å². The zero-order valence-electron chi connectivity index (χ0n) is 14.9. The van der Waals surface area contributed by atoms with Crippen molar-refractivity contribution in [1.82, 2.24) is 20.0 Å². The molecule has 6 heteroatoms. The lowest BCUT2D eigenvalue weighted by Gasteiger charge is -2.39. The van der Waals surface area contributed by atoms with Crippen molar-refractivity contribution in [3.05, 3.63) is 48.3 Å². The number of likely N-dealkylation sites (tertiary alicyclic amines) is 1. The highest BCUT2D eigenvalue weighted by molar-refractivity contribution is 5.75. The van der Waals surface area contributed by atoms with Crippen LogP contribution in [0.25, 0.3) is 0 Å². The topological polar surface area (TPSA) is 59.4 Å². The Labute approximate surface area is 148 Å². The molecule has 1 aliphatic rings. The van der Waals surface area contributed by atoms with Crippen molar-refractivity contribution in [2.75, 3.05) is 27.2 Å². The number of methoxy groups -OCH3 is 1. The first-order valence-electron chi connectivity index (χ1n) is 8.75. The largest absolute Gasteiger partial charge is 0.497 e. The van der Waals surface area contributed by atoms with Crippen LogP contribution in [0.5, 0.6) is 5.75 Å². The van der Waals surface area contributed by atoms with Crippen LogP contribution in [0.1, 0.15) is 24.4 Å². The number of aromatic nitrogens is 2. The van der Waals surface area contributed by atoms with Crippen LogP contribution < -0.4 is 10.1 Å². The quantitative estimate of drug-likeness (QED) is 0.873. The molecule has 0 unspecified atom stereocenters. The van der Waals surface area contributed by atoms with Crippen LogP contribution in [-0.2, 0) is 11.3 Å². The Kier molecular flexibility index (Phi) is 5.71. The molecular weight excluding hydrogens is 316 g/mol. The third kappa shape index (κ3) is 4.39. The number of hydrogen-bond donors (Lipinski definition) is 1. The van der Waals surface area contributed by atoms with E-state index in [1.807, 2.05) is 18.2 Å². The lowest BCUT2D eigenvalue weighted by molar-refractivity contribution is -0.122. The minimum Gasteiger partial charge on any atom is -0.497 e. The SMILES string of the molecule is COc1ccc([C@@H]2[C@H](CNC(=O)Cn3cccn3)CCCN2C)cc1. The van der Waals surface area contributed by atoms with Gasteiger partial charge in [0, 0.05) is 25.0 Å². The summed E-state index contributed by atoms with van der Waals surface area (Å²) < 4.78 is 6.90. The second-order valence-electron chi connectivity index (χ2n) is 6.61. The summed E-state index contributed by atoms with van der Waals surface area (Å²) in [6.45, 7) is 2.03. The zero-order valence-corrected chi connectivity index (χ0v) is 14.9. The summed E-state index contributed by atoms with van der Waals surface area (Å²) >= 11 is 0. The first-order chi connectivity index (χ1) is 12.2. The van der Waals surface area contributed by atoms with E-state index >= 15 is 0 Å². The van der Waals surface area contributed by atoms with Gasteiger partial charge in [0.2, 0.25) is 5.91 Å². The van der Waals surface area contributed by atoms with Gasteiger partial charge in [-0.1, -0.05) is 12.1 Å². The molecule has 0 spiro atoms. The van der Waals surface area contributed by atoms with E-state index in [4.69, 9.17) is 4.74 Å². The predicted octanol–water partition coefficient (Wildman–Crippen LogP) is 2.09. The summed E-state index contributed by atoms with van der Waals surface area (Å²) in [5.74, 6) is 1.27. The van der Waals surface area contributed by atoms with Crippen LogP contribution in [0.4, 0.5) is 0 Å². The molecule has 2 atom stereocenters. The van der Waals surface area contributed by atoms with E-state index in [2.05, 4.69) is 34.5 Å². The average molecular weight is 342 g/mol. The molecular formula is C19H26N4O2. The molecule has 25 heavy (non-hydrogen) atoms. The van der Waals surface area contributed by atoms with E-state index in [0.717, 1.165) is 25.1 Å². The second kappa shape index (κ2) is 8.16. The van der Waals surface area contributed by atoms with Crippen molar-refractivity contribution in [2.24, 2.45) is 5.92 Å². The van der Waals surface area contributed by atoms with Gasteiger partial charge in [-0.3, -0.25) is 14.4 Å². The maximum Gasteiger partial charge on any atom is 0.241 e. The van der Waals surface area contributed by atoms with E-state index < -0.39 is 0 Å². The van der Waals surface area contributed by atoms with Gasteiger partial charge in [-0.2, -0.15) is 5.10 Å². The van der Waals surface area contributed by atoms with Crippen LogP contribution in [0.15, 0.2) is 42.7 Å². The smallest absolute Gasteiger partial charge is 0.241 e. The van der Waals surface area contributed by atoms with Crippen molar-refractivity contribution in [2.45, 2.75) is 25.4 Å². The summed E-state index contributed by atoms with van der Waals surface area (Å²) in [5, 5.41) is 7.16. The molecule has 1 aromatic heterocycles. The van der Waals surface area contributed by atoms with E-state index in [-0.39, 0.29) is 12.5 Å². The molecule has 0 bridgehead atoms. The Morgan fingerprint density at radius 1 is 1.36 bits per heavy atom. The van der Waals surface area contributed by atoms with Crippen LogP contribution in [0.3, 0.4) is 0 Å². The molecule has 6 nitrogen and oxygen atoms in total. The molecule has 1 aromatic carbocycles. The third-order valence-corrected chi connectivity index (χ3v) is 4.89. The molecule has 2 aromatic rings. The number of piperidine rings is 1. The molecule has 1 N–H and O–H groups in total. The molecule has 2 heterocycles. The average Bonchev–Trinajstić information content (AvgIpc) is 3.13. The van der Waals surface area contributed by atoms with Crippen molar-refractivity contribution in [3.63, 3.8) is 0 Å². The second-order valence-corrected chi connectivity index (χ2v) is 6.61.